The van der Waals surface area contributed by atoms with Crippen LogP contribution in [0, 0.1) is 5.41 Å². The standard InChI is InChI=1S/C21H24Cl2N4OS/c1-4-5-8-29-20-25-19-24-15-10-21(2,3)11-16(28)17(15)18(27(19)26-20)13-7-6-12(22)9-14(13)23/h6-7,9,18H,4-5,8,10-11H2,1-3H3,(H,24,25,26). The van der Waals surface area contributed by atoms with Crippen LogP contribution < -0.4 is 5.32 Å². The van der Waals surface area contributed by atoms with Crippen molar-refractivity contribution in [3.8, 4) is 0 Å². The number of halogens is 2. The maximum absolute atomic E-state index is 13.2. The van der Waals surface area contributed by atoms with E-state index >= 15 is 0 Å². The summed E-state index contributed by atoms with van der Waals surface area (Å²) in [5, 5.41) is 9.92. The Kier molecular flexibility index (Phi) is 5.70. The molecule has 0 fully saturated rings. The van der Waals surface area contributed by atoms with Crippen molar-refractivity contribution in [2.24, 2.45) is 5.41 Å². The van der Waals surface area contributed by atoms with Gasteiger partial charge >= 0.3 is 0 Å². The maximum Gasteiger partial charge on any atom is 0.227 e. The van der Waals surface area contributed by atoms with Gasteiger partial charge in [-0.05, 0) is 30.4 Å². The minimum atomic E-state index is -0.400. The molecule has 1 aromatic carbocycles. The average molecular weight is 451 g/mol. The SMILES string of the molecule is CCCCSc1nc2n(n1)C(c1ccc(Cl)cc1Cl)C1=C(CC(C)(C)CC1=O)N2. The Balaban J connectivity index is 1.82. The van der Waals surface area contributed by atoms with Crippen molar-refractivity contribution in [1.82, 2.24) is 14.8 Å². The van der Waals surface area contributed by atoms with E-state index in [9.17, 15) is 4.79 Å². The van der Waals surface area contributed by atoms with Crippen molar-refractivity contribution in [2.75, 3.05) is 11.1 Å². The van der Waals surface area contributed by atoms with Crippen LogP contribution in [0.4, 0.5) is 5.95 Å². The van der Waals surface area contributed by atoms with Gasteiger partial charge in [-0.1, -0.05) is 68.2 Å². The van der Waals surface area contributed by atoms with Crippen LogP contribution >= 0.6 is 35.0 Å². The van der Waals surface area contributed by atoms with Crippen molar-refractivity contribution in [2.45, 2.75) is 57.7 Å². The van der Waals surface area contributed by atoms with Crippen molar-refractivity contribution in [1.29, 1.82) is 0 Å². The molecule has 4 rings (SSSR count). The second kappa shape index (κ2) is 7.97. The van der Waals surface area contributed by atoms with Crippen molar-refractivity contribution >= 4 is 46.7 Å². The summed E-state index contributed by atoms with van der Waals surface area (Å²) >= 11 is 14.3. The zero-order chi connectivity index (χ0) is 20.8. The number of carbonyl (C=O) groups excluding carboxylic acids is 1. The lowest BCUT2D eigenvalue weighted by molar-refractivity contribution is -0.118. The summed E-state index contributed by atoms with van der Waals surface area (Å²) in [7, 11) is 0. The Morgan fingerprint density at radius 1 is 1.31 bits per heavy atom. The van der Waals surface area contributed by atoms with Crippen molar-refractivity contribution in [3.63, 3.8) is 0 Å². The Bertz CT molecular complexity index is 999. The largest absolute Gasteiger partial charge is 0.328 e. The molecular formula is C21H24Cl2N4OS. The molecule has 1 aliphatic heterocycles. The molecule has 1 aliphatic carbocycles. The highest BCUT2D eigenvalue weighted by Crippen LogP contribution is 2.47. The highest BCUT2D eigenvalue weighted by atomic mass is 35.5. The molecule has 1 atom stereocenters. The van der Waals surface area contributed by atoms with Gasteiger partial charge in [0, 0.05) is 39.1 Å². The van der Waals surface area contributed by atoms with Gasteiger partial charge in [-0.15, -0.1) is 5.10 Å². The quantitative estimate of drug-likeness (QED) is 0.437. The predicted octanol–water partition coefficient (Wildman–Crippen LogP) is 6.14. The van der Waals surface area contributed by atoms with Gasteiger partial charge < -0.3 is 5.32 Å². The molecule has 0 bridgehead atoms. The first-order chi connectivity index (χ1) is 13.8. The number of carbonyl (C=O) groups is 1. The number of aromatic nitrogens is 3. The normalized spacial score (nSPS) is 20.3. The zero-order valence-electron chi connectivity index (χ0n) is 16.8. The van der Waals surface area contributed by atoms with E-state index < -0.39 is 6.04 Å². The minimum Gasteiger partial charge on any atom is -0.328 e. The monoisotopic (exact) mass is 450 g/mol. The molecule has 0 amide bonds. The summed E-state index contributed by atoms with van der Waals surface area (Å²) in [5.74, 6) is 1.75. The van der Waals surface area contributed by atoms with E-state index in [0.29, 0.717) is 27.6 Å². The number of allylic oxidation sites excluding steroid dienone is 2. The molecule has 2 heterocycles. The Morgan fingerprint density at radius 3 is 2.83 bits per heavy atom. The molecule has 0 saturated heterocycles. The second-order valence-electron chi connectivity index (χ2n) is 8.39. The van der Waals surface area contributed by atoms with Crippen LogP contribution in [0.15, 0.2) is 34.6 Å². The highest BCUT2D eigenvalue weighted by molar-refractivity contribution is 7.99. The van der Waals surface area contributed by atoms with Gasteiger partial charge in [0.2, 0.25) is 11.1 Å². The summed E-state index contributed by atoms with van der Waals surface area (Å²) in [6.07, 6.45) is 3.51. The third-order valence-corrected chi connectivity index (χ3v) is 6.78. The molecule has 2 aromatic rings. The number of Topliss-reactive ketones (excluding diaryl/α,β-unsaturated/α-hetero) is 1. The molecule has 5 nitrogen and oxygen atoms in total. The number of benzene rings is 1. The van der Waals surface area contributed by atoms with E-state index in [0.717, 1.165) is 41.8 Å². The first-order valence-corrected chi connectivity index (χ1v) is 11.6. The third-order valence-electron chi connectivity index (χ3n) is 5.30. The molecular weight excluding hydrogens is 427 g/mol. The van der Waals surface area contributed by atoms with Gasteiger partial charge in [-0.3, -0.25) is 4.79 Å². The number of hydrogen-bond acceptors (Lipinski definition) is 5. The first-order valence-electron chi connectivity index (χ1n) is 9.86. The fourth-order valence-electron chi connectivity index (χ4n) is 3.97. The van der Waals surface area contributed by atoms with Gasteiger partial charge in [-0.2, -0.15) is 4.98 Å². The molecule has 8 heteroatoms. The van der Waals surface area contributed by atoms with Crippen LogP contribution in [0.25, 0.3) is 0 Å². The average Bonchev–Trinajstić information content (AvgIpc) is 3.02. The molecule has 0 radical (unpaired) electrons. The molecule has 2 aliphatic rings. The first kappa shape index (κ1) is 20.8. The molecule has 1 unspecified atom stereocenters. The van der Waals surface area contributed by atoms with Gasteiger partial charge in [0.05, 0.1) is 0 Å². The number of thioether (sulfide) groups is 1. The van der Waals surface area contributed by atoms with Crippen LogP contribution in [0.1, 0.15) is 58.1 Å². The highest BCUT2D eigenvalue weighted by Gasteiger charge is 2.42. The number of ketones is 1. The maximum atomic E-state index is 13.2. The fourth-order valence-corrected chi connectivity index (χ4v) is 5.39. The minimum absolute atomic E-state index is 0.0991. The number of unbranched alkanes of at least 4 members (excludes halogenated alkanes) is 1. The Hall–Kier alpha value is -1.50. The summed E-state index contributed by atoms with van der Waals surface area (Å²) in [6.45, 7) is 6.40. The molecule has 1 N–H and O–H groups in total. The van der Waals surface area contributed by atoms with E-state index in [-0.39, 0.29) is 11.2 Å². The molecule has 154 valence electrons. The third kappa shape index (κ3) is 4.07. The van der Waals surface area contributed by atoms with Crippen LogP contribution in [0.5, 0.6) is 0 Å². The summed E-state index contributed by atoms with van der Waals surface area (Å²) < 4.78 is 1.80. The van der Waals surface area contributed by atoms with Gasteiger partial charge in [-0.25, -0.2) is 4.68 Å². The number of nitrogens with one attached hydrogen (secondary N) is 1. The van der Waals surface area contributed by atoms with Gasteiger partial charge in [0.25, 0.3) is 0 Å². The van der Waals surface area contributed by atoms with Crippen LogP contribution in [0.3, 0.4) is 0 Å². The smallest absolute Gasteiger partial charge is 0.227 e. The summed E-state index contributed by atoms with van der Waals surface area (Å²) in [6, 6.07) is 5.00. The van der Waals surface area contributed by atoms with E-state index in [4.69, 9.17) is 33.3 Å². The number of anilines is 1. The van der Waals surface area contributed by atoms with Crippen molar-refractivity contribution < 1.29 is 4.79 Å². The van der Waals surface area contributed by atoms with Gasteiger partial charge in [0.15, 0.2) is 5.78 Å². The molecule has 1 aromatic heterocycles. The number of nitrogens with zero attached hydrogens (tertiary/aromatic N) is 3. The topological polar surface area (TPSA) is 59.8 Å². The predicted molar refractivity (Wildman–Crippen MR) is 119 cm³/mol. The lowest BCUT2D eigenvalue weighted by Crippen LogP contribution is -2.36. The zero-order valence-corrected chi connectivity index (χ0v) is 19.1. The lowest BCUT2D eigenvalue weighted by Gasteiger charge is -2.38. The Labute approximate surface area is 185 Å². The van der Waals surface area contributed by atoms with Crippen LogP contribution in [0.2, 0.25) is 10.0 Å². The number of fused-ring (bicyclic) bond motifs is 1. The van der Waals surface area contributed by atoms with Crippen molar-refractivity contribution in [3.05, 3.63) is 45.1 Å². The van der Waals surface area contributed by atoms with E-state index in [1.807, 2.05) is 6.07 Å². The summed E-state index contributed by atoms with van der Waals surface area (Å²) in [4.78, 5) is 17.9. The molecule has 0 saturated carbocycles. The van der Waals surface area contributed by atoms with E-state index in [1.54, 1.807) is 28.6 Å². The fraction of sp³-hybridized carbons (Fsp3) is 0.476. The van der Waals surface area contributed by atoms with Gasteiger partial charge in [0.1, 0.15) is 6.04 Å². The van der Waals surface area contributed by atoms with Crippen LogP contribution in [-0.2, 0) is 4.79 Å². The summed E-state index contributed by atoms with van der Waals surface area (Å²) in [5.41, 5.74) is 2.37. The number of rotatable bonds is 5. The number of hydrogen-bond donors (Lipinski definition) is 1. The Morgan fingerprint density at radius 2 is 2.10 bits per heavy atom. The van der Waals surface area contributed by atoms with Crippen LogP contribution in [-0.4, -0.2) is 26.3 Å². The van der Waals surface area contributed by atoms with E-state index in [1.165, 1.54) is 0 Å². The molecule has 0 spiro atoms. The lowest BCUT2D eigenvalue weighted by atomic mass is 9.73. The molecule has 29 heavy (non-hydrogen) atoms. The van der Waals surface area contributed by atoms with E-state index in [2.05, 4.69) is 26.1 Å². The second-order valence-corrected chi connectivity index (χ2v) is 10.3.